The Labute approximate surface area is 335 Å². The summed E-state index contributed by atoms with van der Waals surface area (Å²) >= 11 is 0. The maximum absolute atomic E-state index is 6.42. The van der Waals surface area contributed by atoms with Gasteiger partial charge in [-0.25, -0.2) is 15.0 Å². The van der Waals surface area contributed by atoms with Gasteiger partial charge in [0.2, 0.25) is 0 Å². The van der Waals surface area contributed by atoms with Crippen LogP contribution in [-0.2, 0) is 0 Å². The summed E-state index contributed by atoms with van der Waals surface area (Å²) in [6.07, 6.45) is 3.89. The second-order valence-electron chi connectivity index (χ2n) is 15.5. The van der Waals surface area contributed by atoms with Gasteiger partial charge in [0.25, 0.3) is 0 Å². The van der Waals surface area contributed by atoms with Crippen molar-refractivity contribution in [2.75, 3.05) is 0 Å². The van der Waals surface area contributed by atoms with Gasteiger partial charge in [-0.15, -0.1) is 0 Å². The fourth-order valence-electron chi connectivity index (χ4n) is 9.37. The van der Waals surface area contributed by atoms with Gasteiger partial charge in [-0.1, -0.05) is 133 Å². The Morgan fingerprint density at radius 1 is 0.397 bits per heavy atom. The molecule has 3 aliphatic rings. The van der Waals surface area contributed by atoms with Crippen LogP contribution in [0.15, 0.2) is 181 Å². The van der Waals surface area contributed by atoms with Crippen molar-refractivity contribution in [2.24, 2.45) is 0 Å². The molecule has 0 spiro atoms. The summed E-state index contributed by atoms with van der Waals surface area (Å²) in [6, 6.07) is 58.3. The van der Waals surface area contributed by atoms with Crippen molar-refractivity contribution in [3.63, 3.8) is 0 Å². The third-order valence-corrected chi connectivity index (χ3v) is 12.0. The highest BCUT2D eigenvalue weighted by Gasteiger charge is 2.41. The lowest BCUT2D eigenvalue weighted by atomic mass is 9.60. The van der Waals surface area contributed by atoms with Gasteiger partial charge < -0.3 is 4.42 Å². The second-order valence-corrected chi connectivity index (χ2v) is 15.5. The molecule has 10 aromatic rings. The quantitative estimate of drug-likeness (QED) is 0.176. The molecular weight excluding hydrogens is 709 g/mol. The van der Waals surface area contributed by atoms with E-state index in [9.17, 15) is 0 Å². The highest BCUT2D eigenvalue weighted by atomic mass is 16.3. The molecule has 0 saturated heterocycles. The molecule has 5 nitrogen and oxygen atoms in total. The number of para-hydroxylation sites is 2. The minimum absolute atomic E-state index is 0.173. The summed E-state index contributed by atoms with van der Waals surface area (Å²) in [5.74, 6) is 2.16. The van der Waals surface area contributed by atoms with Crippen LogP contribution in [0.3, 0.4) is 0 Å². The number of pyridine rings is 1. The summed E-state index contributed by atoms with van der Waals surface area (Å²) in [5.41, 5.74) is 18.5. The molecule has 2 unspecified atom stereocenters. The van der Waals surface area contributed by atoms with Crippen LogP contribution in [0, 0.1) is 6.92 Å². The van der Waals surface area contributed by atoms with E-state index in [0.29, 0.717) is 17.5 Å². The van der Waals surface area contributed by atoms with E-state index in [2.05, 4.69) is 115 Å². The lowest BCUT2D eigenvalue weighted by Crippen LogP contribution is -2.27. The Hall–Kier alpha value is -7.50. The molecule has 3 aliphatic carbocycles. The standard InChI is InChI=1S/C53H34N4O/c1-31-26-37(30-54-29-31)36-23-25-42-46(28-36)49-40-14-6-5-13-39(40)48(42)45-27-35(22-24-41(45)49)32-18-20-34(21-19-32)52-55-51(33-10-3-2-4-11-33)56-53(57-52)44-16-9-15-43-38-12-7-8-17-47(38)58-50(43)44/h2-30,48-49H,1H3. The second kappa shape index (κ2) is 12.8. The van der Waals surface area contributed by atoms with Crippen LogP contribution < -0.4 is 0 Å². The fourth-order valence-corrected chi connectivity index (χ4v) is 9.37. The summed E-state index contributed by atoms with van der Waals surface area (Å²) in [6.45, 7) is 2.10. The first-order valence-electron chi connectivity index (χ1n) is 19.8. The van der Waals surface area contributed by atoms with Gasteiger partial charge in [-0.3, -0.25) is 4.98 Å². The fraction of sp³-hybridized carbons (Fsp3) is 0.0566. The van der Waals surface area contributed by atoms with Gasteiger partial charge in [-0.2, -0.15) is 0 Å². The van der Waals surface area contributed by atoms with Crippen LogP contribution in [0.5, 0.6) is 0 Å². The summed E-state index contributed by atoms with van der Waals surface area (Å²) in [4.78, 5) is 19.6. The highest BCUT2D eigenvalue weighted by Crippen LogP contribution is 2.56. The average Bonchev–Trinajstić information content (AvgIpc) is 3.68. The van der Waals surface area contributed by atoms with E-state index < -0.39 is 0 Å². The molecule has 0 amide bonds. The molecule has 3 heterocycles. The normalized spacial score (nSPS) is 15.0. The van der Waals surface area contributed by atoms with E-state index in [-0.39, 0.29) is 11.8 Å². The van der Waals surface area contributed by atoms with Crippen LogP contribution in [0.2, 0.25) is 0 Å². The Kier molecular flexibility index (Phi) is 7.20. The van der Waals surface area contributed by atoms with E-state index in [0.717, 1.165) is 49.8 Å². The lowest BCUT2D eigenvalue weighted by Gasteiger charge is -2.42. The molecule has 2 bridgehead atoms. The van der Waals surface area contributed by atoms with Crippen LogP contribution in [0.1, 0.15) is 50.8 Å². The number of fused-ring (bicyclic) bond motifs is 3. The smallest absolute Gasteiger partial charge is 0.167 e. The largest absolute Gasteiger partial charge is 0.455 e. The molecule has 3 aromatic heterocycles. The minimum atomic E-state index is 0.173. The van der Waals surface area contributed by atoms with Crippen molar-refractivity contribution < 1.29 is 4.42 Å². The molecule has 5 heteroatoms. The van der Waals surface area contributed by atoms with Crippen molar-refractivity contribution in [2.45, 2.75) is 18.8 Å². The molecule has 13 rings (SSSR count). The number of benzene rings is 7. The van der Waals surface area contributed by atoms with Crippen molar-refractivity contribution in [1.29, 1.82) is 0 Å². The van der Waals surface area contributed by atoms with Gasteiger partial charge in [0.1, 0.15) is 11.2 Å². The summed E-state index contributed by atoms with van der Waals surface area (Å²) in [5, 5.41) is 2.11. The van der Waals surface area contributed by atoms with Gasteiger partial charge in [0.05, 0.1) is 5.56 Å². The third kappa shape index (κ3) is 5.10. The van der Waals surface area contributed by atoms with Gasteiger partial charge in [-0.05, 0) is 92.9 Å². The maximum Gasteiger partial charge on any atom is 0.167 e. The van der Waals surface area contributed by atoms with E-state index >= 15 is 0 Å². The van der Waals surface area contributed by atoms with Gasteiger partial charge >= 0.3 is 0 Å². The molecule has 0 fully saturated rings. The SMILES string of the molecule is Cc1cncc(-c2ccc3c(c2)C2c4ccccc4C3c3cc(-c4ccc(-c5nc(-c6ccccc6)nc(-c6cccc7c6oc6ccccc67)n5)cc4)ccc32)c1. The highest BCUT2D eigenvalue weighted by molar-refractivity contribution is 6.09. The van der Waals surface area contributed by atoms with Crippen LogP contribution in [-0.4, -0.2) is 19.9 Å². The maximum atomic E-state index is 6.42. The van der Waals surface area contributed by atoms with E-state index in [1.165, 1.54) is 50.1 Å². The van der Waals surface area contributed by atoms with Crippen LogP contribution in [0.25, 0.3) is 78.4 Å². The first-order chi connectivity index (χ1) is 28.6. The lowest BCUT2D eigenvalue weighted by molar-refractivity contribution is 0.669. The zero-order valence-electron chi connectivity index (χ0n) is 31.6. The van der Waals surface area contributed by atoms with Crippen molar-refractivity contribution in [1.82, 2.24) is 19.9 Å². The van der Waals surface area contributed by atoms with Gasteiger partial charge in [0.15, 0.2) is 17.5 Å². The van der Waals surface area contributed by atoms with Crippen LogP contribution >= 0.6 is 0 Å². The Morgan fingerprint density at radius 3 is 1.66 bits per heavy atom. The molecular formula is C53H34N4O. The molecule has 0 N–H and O–H groups in total. The number of hydrogen-bond donors (Lipinski definition) is 0. The topological polar surface area (TPSA) is 64.7 Å². The number of aromatic nitrogens is 4. The first-order valence-corrected chi connectivity index (χ1v) is 19.8. The number of rotatable bonds is 5. The van der Waals surface area contributed by atoms with Crippen molar-refractivity contribution in [3.8, 4) is 56.4 Å². The van der Waals surface area contributed by atoms with E-state index in [1.807, 2.05) is 73.1 Å². The minimum Gasteiger partial charge on any atom is -0.455 e. The zero-order chi connectivity index (χ0) is 38.3. The van der Waals surface area contributed by atoms with Crippen molar-refractivity contribution >= 4 is 21.9 Å². The zero-order valence-corrected chi connectivity index (χ0v) is 31.6. The van der Waals surface area contributed by atoms with Crippen LogP contribution in [0.4, 0.5) is 0 Å². The van der Waals surface area contributed by atoms with Crippen molar-refractivity contribution in [3.05, 3.63) is 215 Å². The molecule has 0 saturated carbocycles. The van der Waals surface area contributed by atoms with E-state index in [1.54, 1.807) is 0 Å². The monoisotopic (exact) mass is 742 g/mol. The van der Waals surface area contributed by atoms with Gasteiger partial charge in [0, 0.05) is 51.7 Å². The Bertz CT molecular complexity index is 3260. The summed E-state index contributed by atoms with van der Waals surface area (Å²) in [7, 11) is 0. The molecule has 0 radical (unpaired) electrons. The average molecular weight is 743 g/mol. The molecule has 7 aromatic carbocycles. The molecule has 0 aliphatic heterocycles. The summed E-state index contributed by atoms with van der Waals surface area (Å²) < 4.78 is 6.42. The predicted molar refractivity (Wildman–Crippen MR) is 232 cm³/mol. The number of hydrogen-bond acceptors (Lipinski definition) is 5. The Balaban J connectivity index is 0.934. The number of furan rings is 1. The number of nitrogens with zero attached hydrogens (tertiary/aromatic N) is 4. The number of aryl methyl sites for hydroxylation is 1. The third-order valence-electron chi connectivity index (χ3n) is 12.0. The molecule has 58 heavy (non-hydrogen) atoms. The molecule has 272 valence electrons. The molecule has 2 atom stereocenters. The van der Waals surface area contributed by atoms with E-state index in [4.69, 9.17) is 19.4 Å². The first kappa shape index (κ1) is 32.7. The Morgan fingerprint density at radius 2 is 0.948 bits per heavy atom. The predicted octanol–water partition coefficient (Wildman–Crippen LogP) is 12.8.